The van der Waals surface area contributed by atoms with Gasteiger partial charge >= 0.3 is 0 Å². The molecule has 140 valence electrons. The summed E-state index contributed by atoms with van der Waals surface area (Å²) in [5, 5.41) is 0.415. The van der Waals surface area contributed by atoms with Crippen LogP contribution in [0.5, 0.6) is 5.88 Å². The topological polar surface area (TPSA) is 68.3 Å². The van der Waals surface area contributed by atoms with Crippen LogP contribution in [0.2, 0.25) is 5.02 Å². The second-order valence-corrected chi connectivity index (χ2v) is 8.92. The fourth-order valence-corrected chi connectivity index (χ4v) is 4.95. The van der Waals surface area contributed by atoms with Gasteiger partial charge in [-0.05, 0) is 62.8 Å². The molecule has 1 N–H and O–H groups in total. The maximum absolute atomic E-state index is 12.7. The van der Waals surface area contributed by atoms with E-state index in [0.29, 0.717) is 16.5 Å². The lowest BCUT2D eigenvalue weighted by Gasteiger charge is -2.29. The van der Waals surface area contributed by atoms with Crippen LogP contribution in [0.1, 0.15) is 36.8 Å². The first-order valence-corrected chi connectivity index (χ1v) is 10.6. The lowest BCUT2D eigenvalue weighted by molar-refractivity contribution is 0.138. The third-order valence-corrected chi connectivity index (χ3v) is 6.50. The van der Waals surface area contributed by atoms with E-state index < -0.39 is 10.0 Å². The average molecular weight is 395 g/mol. The monoisotopic (exact) mass is 394 g/mol. The van der Waals surface area contributed by atoms with Gasteiger partial charge in [-0.25, -0.2) is 18.1 Å². The number of hydrogen-bond acceptors (Lipinski definition) is 4. The molecule has 0 saturated heterocycles. The molecule has 0 aliphatic heterocycles. The van der Waals surface area contributed by atoms with E-state index in [4.69, 9.17) is 16.3 Å². The molecule has 0 bridgehead atoms. The van der Waals surface area contributed by atoms with Crippen LogP contribution in [0.4, 0.5) is 0 Å². The van der Waals surface area contributed by atoms with E-state index >= 15 is 0 Å². The number of rotatable bonds is 5. The highest BCUT2D eigenvalue weighted by molar-refractivity contribution is 7.89. The molecule has 26 heavy (non-hydrogen) atoms. The Kier molecular flexibility index (Phi) is 5.85. The Bertz CT molecular complexity index is 861. The highest BCUT2D eigenvalue weighted by Crippen LogP contribution is 2.26. The Labute approximate surface area is 159 Å². The smallest absolute Gasteiger partial charge is 0.241 e. The van der Waals surface area contributed by atoms with Gasteiger partial charge in [0, 0.05) is 23.3 Å². The average Bonchev–Trinajstić information content (AvgIpc) is 2.60. The van der Waals surface area contributed by atoms with Crippen LogP contribution in [0.3, 0.4) is 0 Å². The number of sulfonamides is 1. The number of pyridine rings is 1. The Balaban J connectivity index is 1.58. The molecule has 1 heterocycles. The summed E-state index contributed by atoms with van der Waals surface area (Å²) in [4.78, 5) is 4.50. The molecule has 7 heteroatoms. The zero-order valence-corrected chi connectivity index (χ0v) is 16.5. The fourth-order valence-electron chi connectivity index (χ4n) is 3.14. The van der Waals surface area contributed by atoms with E-state index in [-0.39, 0.29) is 17.0 Å². The number of aryl methyl sites for hydroxylation is 2. The molecule has 1 aliphatic carbocycles. The molecule has 0 unspecified atom stereocenters. The number of benzene rings is 1. The van der Waals surface area contributed by atoms with Crippen molar-refractivity contribution in [1.82, 2.24) is 9.71 Å². The number of ether oxygens (including phenoxy) is 1. The molecule has 1 aliphatic rings. The number of aromatic nitrogens is 1. The second kappa shape index (κ2) is 7.94. The van der Waals surface area contributed by atoms with Crippen LogP contribution in [-0.2, 0) is 10.0 Å². The van der Waals surface area contributed by atoms with Gasteiger partial charge in [0.15, 0.2) is 0 Å². The lowest BCUT2D eigenvalue weighted by atomic mass is 9.94. The molecule has 3 rings (SSSR count). The number of hydrogen-bond donors (Lipinski definition) is 1. The summed E-state index contributed by atoms with van der Waals surface area (Å²) in [6.45, 7) is 3.75. The highest BCUT2D eigenvalue weighted by Gasteiger charge is 2.27. The Hall–Kier alpha value is -1.63. The first-order chi connectivity index (χ1) is 12.3. The van der Waals surface area contributed by atoms with Crippen molar-refractivity contribution in [3.05, 3.63) is 52.7 Å². The van der Waals surface area contributed by atoms with E-state index in [0.717, 1.165) is 31.2 Å². The van der Waals surface area contributed by atoms with Crippen LogP contribution in [0.25, 0.3) is 0 Å². The quantitative estimate of drug-likeness (QED) is 0.831. The van der Waals surface area contributed by atoms with Crippen LogP contribution in [0, 0.1) is 13.8 Å². The minimum absolute atomic E-state index is 0.0684. The van der Waals surface area contributed by atoms with Crippen LogP contribution >= 0.6 is 11.6 Å². The van der Waals surface area contributed by atoms with Crippen molar-refractivity contribution in [3.8, 4) is 5.88 Å². The molecular weight excluding hydrogens is 372 g/mol. The zero-order valence-electron chi connectivity index (χ0n) is 14.9. The fraction of sp³-hybridized carbons (Fsp3) is 0.421. The van der Waals surface area contributed by atoms with Crippen molar-refractivity contribution < 1.29 is 13.2 Å². The van der Waals surface area contributed by atoms with Gasteiger partial charge in [0.1, 0.15) is 6.10 Å². The third kappa shape index (κ3) is 4.75. The maximum Gasteiger partial charge on any atom is 0.241 e. The van der Waals surface area contributed by atoms with Gasteiger partial charge in [0.25, 0.3) is 0 Å². The van der Waals surface area contributed by atoms with Crippen LogP contribution < -0.4 is 9.46 Å². The molecule has 5 nitrogen and oxygen atoms in total. The van der Waals surface area contributed by atoms with Gasteiger partial charge in [0.2, 0.25) is 15.9 Å². The molecule has 1 aromatic carbocycles. The Morgan fingerprint density at radius 3 is 2.50 bits per heavy atom. The van der Waals surface area contributed by atoms with Crippen molar-refractivity contribution >= 4 is 21.6 Å². The molecule has 1 aromatic heterocycles. The van der Waals surface area contributed by atoms with Gasteiger partial charge in [-0.2, -0.15) is 0 Å². The van der Waals surface area contributed by atoms with Gasteiger partial charge in [0.05, 0.1) is 4.90 Å². The zero-order chi connectivity index (χ0) is 18.7. The summed E-state index contributed by atoms with van der Waals surface area (Å²) in [6, 6.07) is 8.65. The van der Waals surface area contributed by atoms with E-state index in [1.54, 1.807) is 25.3 Å². The van der Waals surface area contributed by atoms with E-state index in [9.17, 15) is 8.42 Å². The number of nitrogens with zero attached hydrogens (tertiary/aromatic N) is 1. The largest absolute Gasteiger partial charge is 0.474 e. The Morgan fingerprint density at radius 2 is 1.85 bits per heavy atom. The summed E-state index contributed by atoms with van der Waals surface area (Å²) in [7, 11) is -3.58. The van der Waals surface area contributed by atoms with Gasteiger partial charge in [-0.1, -0.05) is 23.7 Å². The first kappa shape index (κ1) is 19.1. The number of nitrogens with one attached hydrogen (secondary N) is 1. The maximum atomic E-state index is 12.7. The van der Waals surface area contributed by atoms with Crippen LogP contribution in [0.15, 0.2) is 41.4 Å². The molecule has 2 aromatic rings. The summed E-state index contributed by atoms with van der Waals surface area (Å²) in [5.41, 5.74) is 1.77. The van der Waals surface area contributed by atoms with Crippen molar-refractivity contribution in [2.75, 3.05) is 0 Å². The summed E-state index contributed by atoms with van der Waals surface area (Å²) < 4.78 is 34.1. The summed E-state index contributed by atoms with van der Waals surface area (Å²) >= 11 is 5.96. The van der Waals surface area contributed by atoms with E-state index in [2.05, 4.69) is 9.71 Å². The third-order valence-electron chi connectivity index (χ3n) is 4.61. The van der Waals surface area contributed by atoms with Gasteiger partial charge in [-0.15, -0.1) is 0 Å². The second-order valence-electron chi connectivity index (χ2n) is 6.80. The molecule has 0 amide bonds. The first-order valence-electron chi connectivity index (χ1n) is 8.71. The highest BCUT2D eigenvalue weighted by atomic mass is 35.5. The summed E-state index contributed by atoms with van der Waals surface area (Å²) in [6.07, 6.45) is 4.89. The van der Waals surface area contributed by atoms with Gasteiger partial charge in [-0.3, -0.25) is 0 Å². The Morgan fingerprint density at radius 1 is 1.12 bits per heavy atom. The minimum Gasteiger partial charge on any atom is -0.474 e. The normalized spacial score (nSPS) is 20.7. The summed E-state index contributed by atoms with van der Waals surface area (Å²) in [5.74, 6) is 0.620. The molecule has 0 radical (unpaired) electrons. The SMILES string of the molecule is Cc1ccc(OC2CCC(NS(=O)(=O)c3cc(Cl)ccc3C)CC2)nc1. The predicted molar refractivity (Wildman–Crippen MR) is 102 cm³/mol. The van der Waals surface area contributed by atoms with Crippen molar-refractivity contribution in [2.45, 2.75) is 56.6 Å². The predicted octanol–water partition coefficient (Wildman–Crippen LogP) is 4.02. The standard InChI is InChI=1S/C19H23ClN2O3S/c1-13-3-10-19(21-12-13)25-17-8-6-16(7-9-17)22-26(23,24)18-11-15(20)5-4-14(18)2/h3-5,10-12,16-17,22H,6-9H2,1-2H3. The van der Waals surface area contributed by atoms with Crippen molar-refractivity contribution in [3.63, 3.8) is 0 Å². The minimum atomic E-state index is -3.58. The van der Waals surface area contributed by atoms with Crippen molar-refractivity contribution in [2.24, 2.45) is 0 Å². The molecule has 1 fully saturated rings. The molecular formula is C19H23ClN2O3S. The van der Waals surface area contributed by atoms with E-state index in [1.807, 2.05) is 19.1 Å². The van der Waals surface area contributed by atoms with E-state index in [1.165, 1.54) is 6.07 Å². The van der Waals surface area contributed by atoms with Crippen molar-refractivity contribution in [1.29, 1.82) is 0 Å². The van der Waals surface area contributed by atoms with Gasteiger partial charge < -0.3 is 4.74 Å². The lowest BCUT2D eigenvalue weighted by Crippen LogP contribution is -2.39. The molecule has 0 spiro atoms. The van der Waals surface area contributed by atoms with Crippen LogP contribution in [-0.4, -0.2) is 25.5 Å². The number of halogens is 1. The molecule has 1 saturated carbocycles. The molecule has 0 atom stereocenters.